The van der Waals surface area contributed by atoms with E-state index in [-0.39, 0.29) is 25.7 Å². The van der Waals surface area contributed by atoms with Crippen LogP contribution in [0.15, 0.2) is 12.7 Å². The second-order valence-corrected chi connectivity index (χ2v) is 1.67. The molecular weight excluding hydrogens is 162 g/mol. The Balaban J connectivity index is 0. The number of carbonyl (C=O) groups is 1. The molecule has 4 N–H and O–H groups in total. The van der Waals surface area contributed by atoms with E-state index < -0.39 is 0 Å². The molecule has 5 heteroatoms. The van der Waals surface area contributed by atoms with Crippen molar-refractivity contribution < 1.29 is 20.1 Å². The molecule has 0 aliphatic heterocycles. The molecule has 0 spiro atoms. The Bertz CT molecular complexity index is 114. The van der Waals surface area contributed by atoms with Crippen LogP contribution in [0.3, 0.4) is 0 Å². The van der Waals surface area contributed by atoms with Crippen molar-refractivity contribution in [2.75, 3.05) is 26.4 Å². The van der Waals surface area contributed by atoms with E-state index in [1.165, 1.54) is 0 Å². The molecule has 0 aromatic rings. The maximum absolute atomic E-state index is 10.2. The summed E-state index contributed by atoms with van der Waals surface area (Å²) in [5.41, 5.74) is 0. The maximum Gasteiger partial charge on any atom is 0.243 e. The van der Waals surface area contributed by atoms with Gasteiger partial charge in [-0.3, -0.25) is 4.79 Å². The summed E-state index contributed by atoms with van der Waals surface area (Å²) in [5, 5.41) is 25.8. The summed E-state index contributed by atoms with van der Waals surface area (Å²) in [6.07, 6.45) is 1.16. The standard InChI is InChI=1S/C5H9NO2.C2H6O2/c1-2-5(8)6-3-4-7;3-1-2-4/h2,7H,1,3-4H2,(H,6,8);3-4H,1-2H2. The monoisotopic (exact) mass is 177 g/mol. The number of carbonyl (C=O) groups excluding carboxylic acids is 1. The number of hydrogen-bond acceptors (Lipinski definition) is 4. The SMILES string of the molecule is C=CC(=O)NCCO.OCCO. The fourth-order valence-electron chi connectivity index (χ4n) is 0.251. The Kier molecular flexibility index (Phi) is 14.5. The van der Waals surface area contributed by atoms with Gasteiger partial charge in [-0.25, -0.2) is 0 Å². The van der Waals surface area contributed by atoms with Gasteiger partial charge in [0.1, 0.15) is 0 Å². The van der Waals surface area contributed by atoms with E-state index >= 15 is 0 Å². The molecule has 0 saturated carbocycles. The van der Waals surface area contributed by atoms with Gasteiger partial charge in [0.2, 0.25) is 5.91 Å². The van der Waals surface area contributed by atoms with Crippen molar-refractivity contribution in [2.45, 2.75) is 0 Å². The minimum Gasteiger partial charge on any atom is -0.395 e. The van der Waals surface area contributed by atoms with Gasteiger partial charge in [-0.1, -0.05) is 6.58 Å². The predicted octanol–water partition coefficient (Wildman–Crippen LogP) is -1.75. The molecular formula is C7H15NO4. The van der Waals surface area contributed by atoms with Crippen LogP contribution < -0.4 is 5.32 Å². The Morgan fingerprint density at radius 3 is 2.00 bits per heavy atom. The van der Waals surface area contributed by atoms with Gasteiger partial charge in [0.15, 0.2) is 0 Å². The second-order valence-electron chi connectivity index (χ2n) is 1.67. The summed E-state index contributed by atoms with van der Waals surface area (Å²) in [6.45, 7) is 3.24. The van der Waals surface area contributed by atoms with Gasteiger partial charge in [-0.15, -0.1) is 0 Å². The average molecular weight is 177 g/mol. The van der Waals surface area contributed by atoms with Crippen LogP contribution in [-0.4, -0.2) is 47.6 Å². The largest absolute Gasteiger partial charge is 0.395 e. The lowest BCUT2D eigenvalue weighted by Crippen LogP contribution is -2.23. The fourth-order valence-corrected chi connectivity index (χ4v) is 0.251. The van der Waals surface area contributed by atoms with E-state index in [2.05, 4.69) is 11.9 Å². The molecule has 0 heterocycles. The zero-order valence-electron chi connectivity index (χ0n) is 6.86. The molecule has 0 aliphatic rings. The smallest absolute Gasteiger partial charge is 0.243 e. The van der Waals surface area contributed by atoms with E-state index in [1.54, 1.807) is 0 Å². The van der Waals surface area contributed by atoms with E-state index in [4.69, 9.17) is 15.3 Å². The molecule has 0 bridgehead atoms. The van der Waals surface area contributed by atoms with Crippen molar-refractivity contribution >= 4 is 5.91 Å². The molecule has 0 rings (SSSR count). The molecule has 5 nitrogen and oxygen atoms in total. The van der Waals surface area contributed by atoms with E-state index in [0.717, 1.165) is 6.08 Å². The molecule has 0 atom stereocenters. The van der Waals surface area contributed by atoms with Crippen LogP contribution in [0.25, 0.3) is 0 Å². The summed E-state index contributed by atoms with van der Waals surface area (Å²) in [5.74, 6) is -0.251. The summed E-state index contributed by atoms with van der Waals surface area (Å²) in [4.78, 5) is 10.2. The number of nitrogens with one attached hydrogen (secondary N) is 1. The third kappa shape index (κ3) is 16.0. The van der Waals surface area contributed by atoms with Crippen molar-refractivity contribution in [3.8, 4) is 0 Å². The average Bonchev–Trinajstić information content (AvgIpc) is 2.14. The Hall–Kier alpha value is -0.910. The number of aliphatic hydroxyl groups excluding tert-OH is 3. The summed E-state index contributed by atoms with van der Waals surface area (Å²) in [7, 11) is 0. The molecule has 12 heavy (non-hydrogen) atoms. The van der Waals surface area contributed by atoms with Crippen LogP contribution in [0, 0.1) is 0 Å². The first-order valence-corrected chi connectivity index (χ1v) is 3.45. The van der Waals surface area contributed by atoms with Crippen LogP contribution in [0.1, 0.15) is 0 Å². The Morgan fingerprint density at radius 2 is 1.75 bits per heavy atom. The van der Waals surface area contributed by atoms with E-state index in [1.807, 2.05) is 0 Å². The number of hydrogen-bond donors (Lipinski definition) is 4. The second kappa shape index (κ2) is 12.7. The van der Waals surface area contributed by atoms with Crippen molar-refractivity contribution in [3.05, 3.63) is 12.7 Å². The first kappa shape index (κ1) is 13.7. The summed E-state index contributed by atoms with van der Waals surface area (Å²) < 4.78 is 0. The third-order valence-corrected chi connectivity index (χ3v) is 0.696. The van der Waals surface area contributed by atoms with Gasteiger partial charge in [0.05, 0.1) is 19.8 Å². The number of aliphatic hydroxyl groups is 3. The normalized spacial score (nSPS) is 7.92. The molecule has 72 valence electrons. The Morgan fingerprint density at radius 1 is 1.25 bits per heavy atom. The van der Waals surface area contributed by atoms with Gasteiger partial charge in [0, 0.05) is 6.54 Å². The zero-order valence-corrected chi connectivity index (χ0v) is 6.86. The topological polar surface area (TPSA) is 89.8 Å². The minimum atomic E-state index is -0.251. The van der Waals surface area contributed by atoms with Crippen molar-refractivity contribution in [1.82, 2.24) is 5.32 Å². The summed E-state index contributed by atoms with van der Waals surface area (Å²) in [6, 6.07) is 0. The molecule has 0 aromatic carbocycles. The minimum absolute atomic E-state index is 0.0282. The van der Waals surface area contributed by atoms with Crippen molar-refractivity contribution in [1.29, 1.82) is 0 Å². The van der Waals surface area contributed by atoms with Crippen molar-refractivity contribution in [3.63, 3.8) is 0 Å². The van der Waals surface area contributed by atoms with Crippen LogP contribution >= 0.6 is 0 Å². The fraction of sp³-hybridized carbons (Fsp3) is 0.571. The van der Waals surface area contributed by atoms with E-state index in [9.17, 15) is 4.79 Å². The highest BCUT2D eigenvalue weighted by Gasteiger charge is 1.87. The van der Waals surface area contributed by atoms with Crippen LogP contribution in [0.5, 0.6) is 0 Å². The van der Waals surface area contributed by atoms with Gasteiger partial charge in [-0.05, 0) is 6.08 Å². The Labute approximate surface area is 71.3 Å². The van der Waals surface area contributed by atoms with Crippen LogP contribution in [-0.2, 0) is 4.79 Å². The highest BCUT2D eigenvalue weighted by molar-refractivity contribution is 5.86. The van der Waals surface area contributed by atoms with Crippen LogP contribution in [0.4, 0.5) is 0 Å². The lowest BCUT2D eigenvalue weighted by atomic mass is 10.5. The molecule has 1 amide bonds. The first-order valence-electron chi connectivity index (χ1n) is 3.45. The van der Waals surface area contributed by atoms with Gasteiger partial charge in [-0.2, -0.15) is 0 Å². The molecule has 0 fully saturated rings. The zero-order chi connectivity index (χ0) is 9.82. The lowest BCUT2D eigenvalue weighted by molar-refractivity contribution is -0.116. The van der Waals surface area contributed by atoms with Gasteiger partial charge in [0.25, 0.3) is 0 Å². The first-order chi connectivity index (χ1) is 5.72. The van der Waals surface area contributed by atoms with Gasteiger partial charge >= 0.3 is 0 Å². The predicted molar refractivity (Wildman–Crippen MR) is 44.5 cm³/mol. The number of amides is 1. The molecule has 0 saturated heterocycles. The molecule has 0 unspecified atom stereocenters. The van der Waals surface area contributed by atoms with E-state index in [0.29, 0.717) is 6.54 Å². The number of rotatable bonds is 4. The third-order valence-electron chi connectivity index (χ3n) is 0.696. The maximum atomic E-state index is 10.2. The van der Waals surface area contributed by atoms with Crippen LogP contribution in [0.2, 0.25) is 0 Å². The lowest BCUT2D eigenvalue weighted by Gasteiger charge is -1.94. The highest BCUT2D eigenvalue weighted by Crippen LogP contribution is 1.62. The quantitative estimate of drug-likeness (QED) is 0.383. The molecule has 0 radical (unpaired) electrons. The highest BCUT2D eigenvalue weighted by atomic mass is 16.3. The van der Waals surface area contributed by atoms with Gasteiger partial charge < -0.3 is 20.6 Å². The summed E-state index contributed by atoms with van der Waals surface area (Å²) >= 11 is 0. The molecule has 0 aromatic heterocycles. The van der Waals surface area contributed by atoms with Crippen molar-refractivity contribution in [2.24, 2.45) is 0 Å². The molecule has 0 aliphatic carbocycles.